The van der Waals surface area contributed by atoms with Crippen molar-refractivity contribution in [2.75, 3.05) is 5.32 Å². The van der Waals surface area contributed by atoms with Crippen LogP contribution in [0, 0.1) is 5.82 Å². The maximum atomic E-state index is 13.1. The molecule has 2 aromatic carbocycles. The van der Waals surface area contributed by atoms with Crippen LogP contribution in [0.25, 0.3) is 0 Å². The second kappa shape index (κ2) is 5.96. The molecule has 5 heteroatoms. The van der Waals surface area contributed by atoms with E-state index in [1.54, 1.807) is 24.3 Å². The third kappa shape index (κ3) is 3.30. The second-order valence-electron chi connectivity index (χ2n) is 4.22. The molecular formula is C15H11BrFNO2. The van der Waals surface area contributed by atoms with Crippen LogP contribution in [0.1, 0.15) is 27.6 Å². The van der Waals surface area contributed by atoms with Gasteiger partial charge in [0.25, 0.3) is 5.91 Å². The summed E-state index contributed by atoms with van der Waals surface area (Å²) in [5.41, 5.74) is 1.49. The lowest BCUT2D eigenvalue weighted by atomic mass is 10.1. The molecule has 102 valence electrons. The predicted molar refractivity (Wildman–Crippen MR) is 78.5 cm³/mol. The maximum absolute atomic E-state index is 13.1. The van der Waals surface area contributed by atoms with Gasteiger partial charge in [0.15, 0.2) is 5.78 Å². The first-order chi connectivity index (χ1) is 9.47. The number of rotatable bonds is 3. The molecule has 0 aliphatic rings. The number of hydrogen-bond acceptors (Lipinski definition) is 2. The fourth-order valence-electron chi connectivity index (χ4n) is 1.63. The first-order valence-electron chi connectivity index (χ1n) is 5.85. The van der Waals surface area contributed by atoms with Crippen molar-refractivity contribution < 1.29 is 14.0 Å². The van der Waals surface area contributed by atoms with Crippen LogP contribution < -0.4 is 5.32 Å². The van der Waals surface area contributed by atoms with Crippen LogP contribution in [-0.2, 0) is 0 Å². The van der Waals surface area contributed by atoms with Crippen molar-refractivity contribution in [1.82, 2.24) is 0 Å². The second-order valence-corrected chi connectivity index (χ2v) is 5.07. The minimum Gasteiger partial charge on any atom is -0.322 e. The largest absolute Gasteiger partial charge is 0.322 e. The van der Waals surface area contributed by atoms with Crippen LogP contribution >= 0.6 is 15.9 Å². The Morgan fingerprint density at radius 1 is 1.05 bits per heavy atom. The summed E-state index contributed by atoms with van der Waals surface area (Å²) >= 11 is 3.03. The zero-order chi connectivity index (χ0) is 14.7. The number of amides is 1. The number of hydrogen-bond donors (Lipinski definition) is 1. The minimum atomic E-state index is -0.424. The first-order valence-corrected chi connectivity index (χ1v) is 6.64. The van der Waals surface area contributed by atoms with Gasteiger partial charge in [-0.05, 0) is 65.3 Å². The number of carbonyl (C=O) groups excluding carboxylic acids is 2. The van der Waals surface area contributed by atoms with Crippen LogP contribution in [-0.4, -0.2) is 11.7 Å². The Bertz CT molecular complexity index is 668. The van der Waals surface area contributed by atoms with Gasteiger partial charge in [-0.2, -0.15) is 0 Å². The third-order valence-corrected chi connectivity index (χ3v) is 3.34. The number of ketones is 1. The van der Waals surface area contributed by atoms with E-state index in [0.717, 1.165) is 0 Å². The van der Waals surface area contributed by atoms with E-state index in [0.29, 0.717) is 16.8 Å². The van der Waals surface area contributed by atoms with E-state index in [2.05, 4.69) is 21.2 Å². The van der Waals surface area contributed by atoms with Gasteiger partial charge >= 0.3 is 0 Å². The molecule has 0 radical (unpaired) electrons. The molecule has 2 rings (SSSR count). The molecule has 1 amide bonds. The van der Waals surface area contributed by atoms with Gasteiger partial charge in [0, 0.05) is 16.8 Å². The molecule has 0 aliphatic heterocycles. The van der Waals surface area contributed by atoms with E-state index in [4.69, 9.17) is 0 Å². The maximum Gasteiger partial charge on any atom is 0.255 e. The summed E-state index contributed by atoms with van der Waals surface area (Å²) in [6.07, 6.45) is 0. The molecule has 0 heterocycles. The smallest absolute Gasteiger partial charge is 0.255 e. The van der Waals surface area contributed by atoms with Gasteiger partial charge in [-0.1, -0.05) is 0 Å². The van der Waals surface area contributed by atoms with E-state index in [1.807, 2.05) is 0 Å². The topological polar surface area (TPSA) is 46.2 Å². The SMILES string of the molecule is CC(=O)c1ccc(NC(=O)c2ccc(F)c(Br)c2)cc1. The average Bonchev–Trinajstić information content (AvgIpc) is 2.42. The Morgan fingerprint density at radius 2 is 1.65 bits per heavy atom. The van der Waals surface area contributed by atoms with Crippen molar-refractivity contribution in [3.8, 4) is 0 Å². The molecule has 2 aromatic rings. The number of carbonyl (C=O) groups is 2. The van der Waals surface area contributed by atoms with Gasteiger partial charge in [0.05, 0.1) is 4.47 Å². The highest BCUT2D eigenvalue weighted by molar-refractivity contribution is 9.10. The Hall–Kier alpha value is -2.01. The van der Waals surface area contributed by atoms with E-state index in [9.17, 15) is 14.0 Å². The predicted octanol–water partition coefficient (Wildman–Crippen LogP) is 4.04. The number of benzene rings is 2. The number of nitrogens with one attached hydrogen (secondary N) is 1. The molecular weight excluding hydrogens is 325 g/mol. The molecule has 0 aromatic heterocycles. The van der Waals surface area contributed by atoms with Crippen molar-refractivity contribution >= 4 is 33.3 Å². The first kappa shape index (κ1) is 14.4. The van der Waals surface area contributed by atoms with Crippen LogP contribution in [0.4, 0.5) is 10.1 Å². The van der Waals surface area contributed by atoms with Crippen LogP contribution in [0.3, 0.4) is 0 Å². The van der Waals surface area contributed by atoms with Crippen LogP contribution in [0.15, 0.2) is 46.9 Å². The number of anilines is 1. The van der Waals surface area contributed by atoms with Crippen molar-refractivity contribution in [2.24, 2.45) is 0 Å². The van der Waals surface area contributed by atoms with Gasteiger partial charge in [0.2, 0.25) is 0 Å². The highest BCUT2D eigenvalue weighted by Gasteiger charge is 2.09. The van der Waals surface area contributed by atoms with Crippen LogP contribution in [0.5, 0.6) is 0 Å². The zero-order valence-electron chi connectivity index (χ0n) is 10.6. The summed E-state index contributed by atoms with van der Waals surface area (Å²) in [5.74, 6) is -0.807. The van der Waals surface area contributed by atoms with E-state index < -0.39 is 5.82 Å². The standard InChI is InChI=1S/C15H11BrFNO2/c1-9(19)10-2-5-12(6-3-10)18-15(20)11-4-7-14(17)13(16)8-11/h2-8H,1H3,(H,18,20). The molecule has 0 saturated carbocycles. The fourth-order valence-corrected chi connectivity index (χ4v) is 2.01. The van der Waals surface area contributed by atoms with Gasteiger partial charge in [0.1, 0.15) is 5.82 Å². The van der Waals surface area contributed by atoms with Gasteiger partial charge in [-0.15, -0.1) is 0 Å². The fraction of sp³-hybridized carbons (Fsp3) is 0.0667. The Morgan fingerprint density at radius 3 is 2.20 bits per heavy atom. The Kier molecular flexibility index (Phi) is 4.29. The summed E-state index contributed by atoms with van der Waals surface area (Å²) in [7, 11) is 0. The van der Waals surface area contributed by atoms with Crippen molar-refractivity contribution in [1.29, 1.82) is 0 Å². The molecule has 20 heavy (non-hydrogen) atoms. The summed E-state index contributed by atoms with van der Waals surface area (Å²) in [6.45, 7) is 1.48. The van der Waals surface area contributed by atoms with E-state index >= 15 is 0 Å². The molecule has 0 fully saturated rings. The van der Waals surface area contributed by atoms with Crippen molar-refractivity contribution in [3.05, 3.63) is 63.9 Å². The molecule has 0 bridgehead atoms. The summed E-state index contributed by atoms with van der Waals surface area (Å²) in [5, 5.41) is 2.68. The Balaban J connectivity index is 2.14. The molecule has 0 spiro atoms. The van der Waals surface area contributed by atoms with Gasteiger partial charge in [-0.3, -0.25) is 9.59 Å². The van der Waals surface area contributed by atoms with Gasteiger partial charge < -0.3 is 5.32 Å². The number of Topliss-reactive ketones (excluding diaryl/α,β-unsaturated/α-hetero) is 1. The third-order valence-electron chi connectivity index (χ3n) is 2.73. The van der Waals surface area contributed by atoms with E-state index in [-0.39, 0.29) is 16.2 Å². The summed E-state index contributed by atoms with van der Waals surface area (Å²) in [6, 6.07) is 10.6. The Labute approximate surface area is 123 Å². The number of halogens is 2. The molecule has 1 N–H and O–H groups in total. The highest BCUT2D eigenvalue weighted by Crippen LogP contribution is 2.18. The van der Waals surface area contributed by atoms with Gasteiger partial charge in [-0.25, -0.2) is 4.39 Å². The zero-order valence-corrected chi connectivity index (χ0v) is 12.2. The molecule has 3 nitrogen and oxygen atoms in total. The minimum absolute atomic E-state index is 0.0367. The molecule has 0 unspecified atom stereocenters. The van der Waals surface area contributed by atoms with E-state index in [1.165, 1.54) is 25.1 Å². The monoisotopic (exact) mass is 335 g/mol. The quantitative estimate of drug-likeness (QED) is 0.860. The average molecular weight is 336 g/mol. The summed E-state index contributed by atoms with van der Waals surface area (Å²) < 4.78 is 13.3. The highest BCUT2D eigenvalue weighted by atomic mass is 79.9. The lowest BCUT2D eigenvalue weighted by Crippen LogP contribution is -2.12. The summed E-state index contributed by atoms with van der Waals surface area (Å²) in [4.78, 5) is 23.1. The van der Waals surface area contributed by atoms with Crippen molar-refractivity contribution in [3.63, 3.8) is 0 Å². The van der Waals surface area contributed by atoms with Crippen LogP contribution in [0.2, 0.25) is 0 Å². The lowest BCUT2D eigenvalue weighted by molar-refractivity contribution is 0.101. The lowest BCUT2D eigenvalue weighted by Gasteiger charge is -2.06. The van der Waals surface area contributed by atoms with Crippen molar-refractivity contribution in [2.45, 2.75) is 6.92 Å². The normalized spacial score (nSPS) is 10.2. The molecule has 0 aliphatic carbocycles. The molecule has 0 saturated heterocycles. The molecule has 0 atom stereocenters.